The van der Waals surface area contributed by atoms with Crippen LogP contribution in [-0.2, 0) is 9.47 Å². The molecule has 0 aliphatic carbocycles. The summed E-state index contributed by atoms with van der Waals surface area (Å²) in [5, 5.41) is 22.6. The molecule has 11 heteroatoms. The Bertz CT molecular complexity index is 1320. The first-order chi connectivity index (χ1) is 18.0. The lowest BCUT2D eigenvalue weighted by Crippen LogP contribution is -2.42. The molecule has 0 bridgehead atoms. The van der Waals surface area contributed by atoms with E-state index in [0.717, 1.165) is 33.1 Å². The van der Waals surface area contributed by atoms with E-state index in [-0.39, 0.29) is 23.0 Å². The number of carbonyl (C=O) groups is 1. The van der Waals surface area contributed by atoms with Crippen molar-refractivity contribution in [3.8, 4) is 0 Å². The molecule has 0 unspecified atom stereocenters. The molecule has 0 aromatic heterocycles. The van der Waals surface area contributed by atoms with E-state index in [1.165, 1.54) is 0 Å². The molecule has 9 nitrogen and oxygen atoms in total. The van der Waals surface area contributed by atoms with Crippen molar-refractivity contribution in [3.63, 3.8) is 0 Å². The minimum atomic E-state index is -1.51. The number of non-ortho nitro benzene ring substituents is 2. The predicted molar refractivity (Wildman–Crippen MR) is 149 cm³/mol. The van der Waals surface area contributed by atoms with Gasteiger partial charge >= 0.3 is 5.97 Å². The third-order valence-electron chi connectivity index (χ3n) is 6.81. The number of ether oxygens (including phenoxy) is 2. The Balaban J connectivity index is 1.69. The van der Waals surface area contributed by atoms with Crippen LogP contribution >= 0.6 is 26.0 Å². The molecule has 0 saturated carbocycles. The molecule has 1 aliphatic rings. The second kappa shape index (κ2) is 11.2. The van der Waals surface area contributed by atoms with E-state index in [1.54, 1.807) is 0 Å². The molecule has 1 fully saturated rings. The summed E-state index contributed by atoms with van der Waals surface area (Å²) in [6.45, 7) is 1.93. The largest absolute Gasteiger partial charge is 0.458 e. The van der Waals surface area contributed by atoms with E-state index < -0.39 is 43.3 Å². The molecule has 3 aromatic carbocycles. The van der Waals surface area contributed by atoms with E-state index in [4.69, 9.17) is 9.47 Å². The Morgan fingerprint density at radius 3 is 2.11 bits per heavy atom. The molecule has 4 rings (SSSR count). The average molecular weight is 603 g/mol. The number of nitro groups is 2. The van der Waals surface area contributed by atoms with Crippen molar-refractivity contribution in [2.75, 3.05) is 12.5 Å². The van der Waals surface area contributed by atoms with Crippen LogP contribution in [-0.4, -0.2) is 39.9 Å². The monoisotopic (exact) mass is 602 g/mol. The molecule has 1 heterocycles. The number of nitro benzene ring substituents is 2. The molecule has 1 aliphatic heterocycles. The maximum atomic E-state index is 13.2. The Morgan fingerprint density at radius 2 is 1.55 bits per heavy atom. The number of nitrogens with zero attached hydrogens (tertiary/aromatic N) is 2. The fourth-order valence-electron chi connectivity index (χ4n) is 4.56. The SMILES string of the molecule is C[C@H]1[C@@H](OC(=O)c2cc([N+](=O)[O-])cc([N+](=O)[O-])c2)C[C@@H](S(C)(C)c2ccccc2)O[C@H]1c1ccc(Br)cc1. The van der Waals surface area contributed by atoms with Crippen LogP contribution in [0.1, 0.15) is 35.4 Å². The zero-order chi connectivity index (χ0) is 27.6. The van der Waals surface area contributed by atoms with Gasteiger partial charge in [-0.15, -0.1) is 0 Å². The summed E-state index contributed by atoms with van der Waals surface area (Å²) < 4.78 is 13.6. The molecule has 4 atom stereocenters. The lowest BCUT2D eigenvalue weighted by Gasteiger charge is -2.48. The Kier molecular flexibility index (Phi) is 8.19. The minimum absolute atomic E-state index is 0.240. The Morgan fingerprint density at radius 1 is 0.974 bits per heavy atom. The van der Waals surface area contributed by atoms with Gasteiger partial charge in [-0.05, 0) is 35.1 Å². The standard InChI is InChI=1S/C27H27BrN2O7S/c1-17-24(36-27(31)19-13-21(29(32)33)15-22(14-19)30(34)35)16-25(38(2,3)23-7-5-4-6-8-23)37-26(17)18-9-11-20(28)12-10-18/h4-15,17,24-26H,16H2,1-3H3/t17-,24-,25+,26+/m0/s1. The van der Waals surface area contributed by atoms with Crippen molar-refractivity contribution in [1.82, 2.24) is 0 Å². The first-order valence-corrected chi connectivity index (χ1v) is 15.1. The van der Waals surface area contributed by atoms with Crippen molar-refractivity contribution < 1.29 is 24.1 Å². The van der Waals surface area contributed by atoms with Crippen molar-refractivity contribution in [3.05, 3.63) is 109 Å². The fourth-order valence-corrected chi connectivity index (χ4v) is 7.06. The van der Waals surface area contributed by atoms with Gasteiger partial charge in [0.05, 0.1) is 33.0 Å². The fraction of sp³-hybridized carbons (Fsp3) is 0.296. The summed E-state index contributed by atoms with van der Waals surface area (Å²) in [6.07, 6.45) is 3.75. The van der Waals surface area contributed by atoms with E-state index in [2.05, 4.69) is 40.6 Å². The van der Waals surface area contributed by atoms with Crippen LogP contribution in [0.15, 0.2) is 82.2 Å². The van der Waals surface area contributed by atoms with E-state index in [1.807, 2.05) is 49.4 Å². The van der Waals surface area contributed by atoms with Crippen LogP contribution in [0.5, 0.6) is 0 Å². The highest BCUT2D eigenvalue weighted by atomic mass is 79.9. The molecular weight excluding hydrogens is 576 g/mol. The zero-order valence-electron chi connectivity index (χ0n) is 21.0. The molecule has 0 N–H and O–H groups in total. The molecule has 0 radical (unpaired) electrons. The zero-order valence-corrected chi connectivity index (χ0v) is 23.4. The van der Waals surface area contributed by atoms with Gasteiger partial charge in [0.2, 0.25) is 0 Å². The number of halogens is 1. The highest BCUT2D eigenvalue weighted by Gasteiger charge is 2.43. The summed E-state index contributed by atoms with van der Waals surface area (Å²) >= 11 is 3.46. The normalized spacial score (nSPS) is 21.9. The number of benzene rings is 3. The first-order valence-electron chi connectivity index (χ1n) is 11.8. The highest BCUT2D eigenvalue weighted by Crippen LogP contribution is 2.59. The van der Waals surface area contributed by atoms with Gasteiger partial charge in [0.1, 0.15) is 6.10 Å². The number of rotatable bonds is 7. The van der Waals surface area contributed by atoms with Crippen molar-refractivity contribution in [2.45, 2.75) is 35.9 Å². The van der Waals surface area contributed by atoms with E-state index >= 15 is 0 Å². The quantitative estimate of drug-likeness (QED) is 0.161. The van der Waals surface area contributed by atoms with Gasteiger partial charge in [0.25, 0.3) is 11.4 Å². The van der Waals surface area contributed by atoms with Crippen LogP contribution < -0.4 is 0 Å². The molecule has 3 aromatic rings. The maximum Gasteiger partial charge on any atom is 0.338 e. The summed E-state index contributed by atoms with van der Waals surface area (Å²) in [6, 6.07) is 20.6. The maximum absolute atomic E-state index is 13.2. The topological polar surface area (TPSA) is 122 Å². The van der Waals surface area contributed by atoms with Gasteiger partial charge in [-0.3, -0.25) is 20.2 Å². The smallest absolute Gasteiger partial charge is 0.338 e. The lowest BCUT2D eigenvalue weighted by molar-refractivity contribution is -0.394. The average Bonchev–Trinajstić information content (AvgIpc) is 2.90. The second-order valence-corrected chi connectivity index (χ2v) is 14.3. The molecular formula is C27H27BrN2O7S. The highest BCUT2D eigenvalue weighted by molar-refractivity contribution is 9.10. The van der Waals surface area contributed by atoms with E-state index in [9.17, 15) is 25.0 Å². The Labute approximate surface area is 229 Å². The summed E-state index contributed by atoms with van der Waals surface area (Å²) in [7, 11) is -1.51. The lowest BCUT2D eigenvalue weighted by atomic mass is 9.88. The summed E-state index contributed by atoms with van der Waals surface area (Å²) in [5.74, 6) is -1.10. The van der Waals surface area contributed by atoms with Crippen molar-refractivity contribution in [1.29, 1.82) is 0 Å². The Hall–Kier alpha value is -3.28. The van der Waals surface area contributed by atoms with E-state index in [0.29, 0.717) is 6.42 Å². The number of carbonyl (C=O) groups excluding carboxylic acids is 1. The molecule has 0 spiro atoms. The predicted octanol–water partition coefficient (Wildman–Crippen LogP) is 7.04. The molecule has 1 saturated heterocycles. The van der Waals surface area contributed by atoms with Gasteiger partial charge in [0.15, 0.2) is 0 Å². The van der Waals surface area contributed by atoms with Crippen molar-refractivity contribution >= 4 is 43.3 Å². The third kappa shape index (κ3) is 5.90. The van der Waals surface area contributed by atoms with Crippen LogP contribution in [0.25, 0.3) is 0 Å². The van der Waals surface area contributed by atoms with Crippen LogP contribution in [0.4, 0.5) is 11.4 Å². The number of esters is 1. The van der Waals surface area contributed by atoms with Crippen LogP contribution in [0, 0.1) is 26.1 Å². The van der Waals surface area contributed by atoms with Crippen LogP contribution in [0.3, 0.4) is 0 Å². The van der Waals surface area contributed by atoms with Gasteiger partial charge in [-0.2, -0.15) is 10.0 Å². The molecule has 200 valence electrons. The summed E-state index contributed by atoms with van der Waals surface area (Å²) in [5.41, 5.74) is -0.665. The third-order valence-corrected chi connectivity index (χ3v) is 10.4. The van der Waals surface area contributed by atoms with Gasteiger partial charge < -0.3 is 9.47 Å². The number of hydrogen-bond donors (Lipinski definition) is 0. The number of hydrogen-bond acceptors (Lipinski definition) is 7. The van der Waals surface area contributed by atoms with Crippen molar-refractivity contribution in [2.24, 2.45) is 5.92 Å². The van der Waals surface area contributed by atoms with Gasteiger partial charge in [-0.25, -0.2) is 4.79 Å². The minimum Gasteiger partial charge on any atom is -0.458 e. The molecule has 0 amide bonds. The van der Waals surface area contributed by atoms with Gasteiger partial charge in [-0.1, -0.05) is 65.3 Å². The first kappa shape index (κ1) is 27.7. The van der Waals surface area contributed by atoms with Gasteiger partial charge in [0, 0.05) is 28.9 Å². The summed E-state index contributed by atoms with van der Waals surface area (Å²) in [4.78, 5) is 35.5. The second-order valence-electron chi connectivity index (χ2n) is 9.55. The van der Waals surface area contributed by atoms with Crippen LogP contribution in [0.2, 0.25) is 0 Å². The molecule has 38 heavy (non-hydrogen) atoms.